The number of aromatic nitrogens is 2. The van der Waals surface area contributed by atoms with Gasteiger partial charge in [-0.3, -0.25) is 9.59 Å². The lowest BCUT2D eigenvalue weighted by Gasteiger charge is -2.06. The molecule has 0 unspecified atom stereocenters. The second-order valence-corrected chi connectivity index (χ2v) is 3.87. The summed E-state index contributed by atoms with van der Waals surface area (Å²) in [6.45, 7) is 3.27. The minimum absolute atomic E-state index is 0.211. The minimum Gasteiger partial charge on any atom is -0.293 e. The maximum absolute atomic E-state index is 12.2. The van der Waals surface area contributed by atoms with Gasteiger partial charge in [0.2, 0.25) is 0 Å². The van der Waals surface area contributed by atoms with Gasteiger partial charge in [-0.25, -0.2) is 4.98 Å². The molecule has 0 fully saturated rings. The number of para-hydroxylation sites is 1. The number of rotatable bonds is 3. The summed E-state index contributed by atoms with van der Waals surface area (Å²) in [6, 6.07) is 7.09. The molecule has 1 heterocycles. The number of hydrogen-bond acceptors (Lipinski definition) is 4. The lowest BCUT2D eigenvalue weighted by molar-refractivity contribution is -0.110. The van der Waals surface area contributed by atoms with E-state index in [0.717, 1.165) is 6.21 Å². The van der Waals surface area contributed by atoms with E-state index in [4.69, 9.17) is 0 Å². The molecule has 0 spiro atoms. The van der Waals surface area contributed by atoms with Crippen LogP contribution in [0.25, 0.3) is 10.9 Å². The summed E-state index contributed by atoms with van der Waals surface area (Å²) < 4.78 is 1.18. The average Bonchev–Trinajstić information content (AvgIpc) is 2.37. The van der Waals surface area contributed by atoms with Crippen molar-refractivity contribution in [1.82, 2.24) is 9.66 Å². The van der Waals surface area contributed by atoms with Crippen molar-refractivity contribution in [3.8, 4) is 0 Å². The number of hydrogen-bond donors (Lipinski definition) is 0. The average molecular weight is 243 g/mol. The Hall–Kier alpha value is -2.30. The Kier molecular flexibility index (Phi) is 3.32. The van der Waals surface area contributed by atoms with Crippen LogP contribution in [0.4, 0.5) is 0 Å². The third-order valence-corrected chi connectivity index (χ3v) is 2.49. The molecular weight excluding hydrogens is 230 g/mol. The van der Waals surface area contributed by atoms with E-state index in [-0.39, 0.29) is 11.3 Å². The second kappa shape index (κ2) is 4.91. The number of Topliss-reactive ketones (excluding diaryl/α,β-unsaturated/α-hetero) is 1. The largest absolute Gasteiger partial charge is 0.293 e. The van der Waals surface area contributed by atoms with E-state index in [1.807, 2.05) is 13.0 Å². The van der Waals surface area contributed by atoms with Gasteiger partial charge in [0.15, 0.2) is 5.78 Å². The van der Waals surface area contributed by atoms with Gasteiger partial charge in [-0.1, -0.05) is 19.1 Å². The number of nitrogens with zero attached hydrogens (tertiary/aromatic N) is 3. The molecule has 0 aliphatic rings. The van der Waals surface area contributed by atoms with E-state index in [2.05, 4.69) is 10.1 Å². The van der Waals surface area contributed by atoms with Crippen LogP contribution in [0.2, 0.25) is 0 Å². The molecule has 1 aromatic heterocycles. The van der Waals surface area contributed by atoms with Crippen molar-refractivity contribution in [3.63, 3.8) is 0 Å². The Labute approximate surface area is 104 Å². The number of fused-ring (bicyclic) bond motifs is 1. The van der Waals surface area contributed by atoms with Gasteiger partial charge in [-0.2, -0.15) is 9.78 Å². The molecule has 92 valence electrons. The summed E-state index contributed by atoms with van der Waals surface area (Å²) in [5.74, 6) is 0.327. The molecule has 0 atom stereocenters. The first-order valence-corrected chi connectivity index (χ1v) is 5.69. The van der Waals surface area contributed by atoms with Crippen LogP contribution in [0.1, 0.15) is 19.7 Å². The molecule has 0 aliphatic carbocycles. The number of carbonyl (C=O) groups is 1. The van der Waals surface area contributed by atoms with E-state index < -0.39 is 0 Å². The fraction of sp³-hybridized carbons (Fsp3) is 0.231. The van der Waals surface area contributed by atoms with Gasteiger partial charge < -0.3 is 0 Å². The molecule has 0 aliphatic heterocycles. The summed E-state index contributed by atoms with van der Waals surface area (Å²) in [7, 11) is 0. The first-order valence-electron chi connectivity index (χ1n) is 5.69. The van der Waals surface area contributed by atoms with Crippen LogP contribution >= 0.6 is 0 Å². The van der Waals surface area contributed by atoms with Crippen molar-refractivity contribution in [2.45, 2.75) is 20.3 Å². The van der Waals surface area contributed by atoms with Crippen LogP contribution < -0.4 is 5.56 Å². The molecule has 0 amide bonds. The van der Waals surface area contributed by atoms with Gasteiger partial charge in [-0.05, 0) is 12.1 Å². The van der Waals surface area contributed by atoms with E-state index in [1.165, 1.54) is 11.6 Å². The van der Waals surface area contributed by atoms with Crippen molar-refractivity contribution < 1.29 is 4.79 Å². The fourth-order valence-corrected chi connectivity index (χ4v) is 1.66. The van der Waals surface area contributed by atoms with Crippen molar-refractivity contribution in [2.24, 2.45) is 5.10 Å². The summed E-state index contributed by atoms with van der Waals surface area (Å²) in [5, 5.41) is 4.39. The highest BCUT2D eigenvalue weighted by Crippen LogP contribution is 2.07. The predicted molar refractivity (Wildman–Crippen MR) is 70.0 cm³/mol. The maximum atomic E-state index is 12.2. The summed E-state index contributed by atoms with van der Waals surface area (Å²) in [4.78, 5) is 27.5. The Morgan fingerprint density at radius 3 is 2.83 bits per heavy atom. The van der Waals surface area contributed by atoms with Gasteiger partial charge in [0.05, 0.1) is 17.1 Å². The molecule has 0 radical (unpaired) electrons. The highest BCUT2D eigenvalue weighted by atomic mass is 16.1. The van der Waals surface area contributed by atoms with Gasteiger partial charge in [0.1, 0.15) is 5.82 Å². The molecule has 0 N–H and O–H groups in total. The molecular formula is C13H13N3O2. The first-order chi connectivity index (χ1) is 8.63. The third kappa shape index (κ3) is 2.20. The van der Waals surface area contributed by atoms with E-state index in [1.54, 1.807) is 18.2 Å². The number of carbonyl (C=O) groups excluding carboxylic acids is 1. The molecule has 18 heavy (non-hydrogen) atoms. The van der Waals surface area contributed by atoms with Crippen LogP contribution in [-0.4, -0.2) is 21.7 Å². The highest BCUT2D eigenvalue weighted by Gasteiger charge is 2.08. The molecule has 0 saturated carbocycles. The topological polar surface area (TPSA) is 64.3 Å². The SMILES string of the molecule is CCc1nc2ccccc2c(=O)n1/N=C/C(C)=O. The first kappa shape index (κ1) is 12.2. The Morgan fingerprint density at radius 2 is 2.17 bits per heavy atom. The molecule has 0 saturated heterocycles. The van der Waals surface area contributed by atoms with Crippen molar-refractivity contribution in [3.05, 3.63) is 40.4 Å². The van der Waals surface area contributed by atoms with Crippen molar-refractivity contribution >= 4 is 22.9 Å². The summed E-state index contributed by atoms with van der Waals surface area (Å²) in [6.07, 6.45) is 1.69. The monoisotopic (exact) mass is 243 g/mol. The smallest absolute Gasteiger partial charge is 0.282 e. The standard InChI is InChI=1S/C13H13N3O2/c1-3-12-15-11-7-5-4-6-10(11)13(18)16(12)14-8-9(2)17/h4-8H,3H2,1-2H3/b14-8+. The summed E-state index contributed by atoms with van der Waals surface area (Å²) in [5.41, 5.74) is 0.392. The highest BCUT2D eigenvalue weighted by molar-refractivity contribution is 6.26. The molecule has 1 aromatic carbocycles. The van der Waals surface area contributed by atoms with Crippen molar-refractivity contribution in [2.75, 3.05) is 0 Å². The zero-order valence-corrected chi connectivity index (χ0v) is 10.3. The van der Waals surface area contributed by atoms with E-state index in [9.17, 15) is 9.59 Å². The van der Waals surface area contributed by atoms with Gasteiger partial charge in [-0.15, -0.1) is 0 Å². The molecule has 5 nitrogen and oxygen atoms in total. The zero-order chi connectivity index (χ0) is 13.1. The van der Waals surface area contributed by atoms with Gasteiger partial charge in [0.25, 0.3) is 5.56 Å². The number of benzene rings is 1. The van der Waals surface area contributed by atoms with E-state index in [0.29, 0.717) is 23.1 Å². The van der Waals surface area contributed by atoms with E-state index >= 15 is 0 Å². The van der Waals surface area contributed by atoms with Gasteiger partial charge >= 0.3 is 0 Å². The lowest BCUT2D eigenvalue weighted by Crippen LogP contribution is -2.22. The Balaban J connectivity index is 2.74. The van der Waals surface area contributed by atoms with Crippen LogP contribution in [0.5, 0.6) is 0 Å². The Morgan fingerprint density at radius 1 is 1.44 bits per heavy atom. The number of aryl methyl sites for hydroxylation is 1. The van der Waals surface area contributed by atoms with Crippen LogP contribution in [0, 0.1) is 0 Å². The molecule has 0 bridgehead atoms. The van der Waals surface area contributed by atoms with Crippen LogP contribution in [-0.2, 0) is 11.2 Å². The predicted octanol–water partition coefficient (Wildman–Crippen LogP) is 1.38. The fourth-order valence-electron chi connectivity index (χ4n) is 1.66. The van der Waals surface area contributed by atoms with Gasteiger partial charge in [0, 0.05) is 13.3 Å². The molecule has 2 aromatic rings. The van der Waals surface area contributed by atoms with Crippen molar-refractivity contribution in [1.29, 1.82) is 0 Å². The minimum atomic E-state index is -0.255. The summed E-state index contributed by atoms with van der Waals surface area (Å²) >= 11 is 0. The number of ketones is 1. The Bertz CT molecular complexity index is 686. The van der Waals surface area contributed by atoms with Crippen LogP contribution in [0.3, 0.4) is 0 Å². The lowest BCUT2D eigenvalue weighted by atomic mass is 10.2. The normalized spacial score (nSPS) is 11.2. The quantitative estimate of drug-likeness (QED) is 0.765. The molecule has 2 rings (SSSR count). The molecule has 5 heteroatoms. The second-order valence-electron chi connectivity index (χ2n) is 3.87. The maximum Gasteiger partial charge on any atom is 0.282 e. The third-order valence-electron chi connectivity index (χ3n) is 2.49. The van der Waals surface area contributed by atoms with Crippen LogP contribution in [0.15, 0.2) is 34.2 Å². The zero-order valence-electron chi connectivity index (χ0n) is 10.3.